The molecule has 1 aliphatic heterocycles. The maximum absolute atomic E-state index is 13.6. The Hall–Kier alpha value is -3.50. The summed E-state index contributed by atoms with van der Waals surface area (Å²) in [6.07, 6.45) is 0. The number of amides is 2. The Labute approximate surface area is 195 Å². The number of carbonyl (C=O) groups is 2. The first-order valence-electron chi connectivity index (χ1n) is 10.2. The number of fused-ring (bicyclic) bond motifs is 1. The molecule has 0 fully saturated rings. The van der Waals surface area contributed by atoms with E-state index in [-0.39, 0.29) is 11.8 Å². The number of rotatable bonds is 7. The van der Waals surface area contributed by atoms with Crippen molar-refractivity contribution >= 4 is 28.3 Å². The van der Waals surface area contributed by atoms with Crippen LogP contribution in [0.5, 0.6) is 11.5 Å². The standard InChI is InChI=1S/C23H24N4O5S/c1-27-20(13-9-10-16(31-3)17(11-13)32-4)19(14-7-5-6-8-15(14)22(27)29)21(28)24-23-26-25-18(33-23)12-30-2/h5-11,19-20H,12H2,1-4H3,(H,24,26,28)/t19-,20+/m0/s1. The molecule has 0 spiro atoms. The minimum absolute atomic E-state index is 0.160. The van der Waals surface area contributed by atoms with Crippen LogP contribution in [0.1, 0.15) is 38.5 Å². The monoisotopic (exact) mass is 468 g/mol. The van der Waals surface area contributed by atoms with E-state index >= 15 is 0 Å². The van der Waals surface area contributed by atoms with Crippen LogP contribution in [-0.4, -0.2) is 55.3 Å². The lowest BCUT2D eigenvalue weighted by Gasteiger charge is -2.39. The van der Waals surface area contributed by atoms with E-state index in [0.29, 0.717) is 39.4 Å². The molecule has 3 aromatic rings. The van der Waals surface area contributed by atoms with Crippen LogP contribution < -0.4 is 14.8 Å². The Morgan fingerprint density at radius 1 is 1.09 bits per heavy atom. The fourth-order valence-corrected chi connectivity index (χ4v) is 4.79. The van der Waals surface area contributed by atoms with Crippen molar-refractivity contribution in [3.63, 3.8) is 0 Å². The number of ether oxygens (including phenoxy) is 3. The van der Waals surface area contributed by atoms with Crippen LogP contribution >= 0.6 is 11.3 Å². The highest BCUT2D eigenvalue weighted by molar-refractivity contribution is 7.15. The third-order valence-electron chi connectivity index (χ3n) is 5.58. The number of benzene rings is 2. The maximum atomic E-state index is 13.6. The van der Waals surface area contributed by atoms with E-state index in [0.717, 1.165) is 5.56 Å². The van der Waals surface area contributed by atoms with E-state index in [4.69, 9.17) is 14.2 Å². The third kappa shape index (κ3) is 4.27. The second-order valence-electron chi connectivity index (χ2n) is 7.46. The van der Waals surface area contributed by atoms with E-state index in [1.165, 1.54) is 11.3 Å². The second kappa shape index (κ2) is 9.55. The molecule has 1 N–H and O–H groups in total. The topological polar surface area (TPSA) is 103 Å². The molecule has 0 saturated heterocycles. The SMILES string of the molecule is COCc1nnc(NC(=O)[C@H]2c3ccccc3C(=O)N(C)[C@@H]2c2ccc(OC)c(OC)c2)s1. The van der Waals surface area contributed by atoms with Crippen LogP contribution in [0.25, 0.3) is 0 Å². The number of likely N-dealkylation sites (N-methyl/N-ethyl adjacent to an activating group) is 1. The summed E-state index contributed by atoms with van der Waals surface area (Å²) in [7, 11) is 6.37. The molecular formula is C23H24N4O5S. The summed E-state index contributed by atoms with van der Waals surface area (Å²) in [5, 5.41) is 12.0. The van der Waals surface area contributed by atoms with Crippen molar-refractivity contribution in [2.45, 2.75) is 18.6 Å². The first-order chi connectivity index (χ1) is 16.0. The van der Waals surface area contributed by atoms with Crippen molar-refractivity contribution in [3.8, 4) is 11.5 Å². The fraction of sp³-hybridized carbons (Fsp3) is 0.304. The van der Waals surface area contributed by atoms with Crippen LogP contribution in [0.3, 0.4) is 0 Å². The molecule has 2 heterocycles. The lowest BCUT2D eigenvalue weighted by atomic mass is 9.79. The zero-order valence-corrected chi connectivity index (χ0v) is 19.5. The Kier molecular flexibility index (Phi) is 6.57. The summed E-state index contributed by atoms with van der Waals surface area (Å²) in [5.74, 6) is -0.0552. The van der Waals surface area contributed by atoms with Gasteiger partial charge in [-0.2, -0.15) is 0 Å². The van der Waals surface area contributed by atoms with Crippen molar-refractivity contribution < 1.29 is 23.8 Å². The maximum Gasteiger partial charge on any atom is 0.254 e. The van der Waals surface area contributed by atoms with E-state index in [2.05, 4.69) is 15.5 Å². The molecule has 1 aromatic heterocycles. The van der Waals surface area contributed by atoms with E-state index in [1.807, 2.05) is 18.2 Å². The van der Waals surface area contributed by atoms with Crippen LogP contribution in [0.15, 0.2) is 42.5 Å². The summed E-state index contributed by atoms with van der Waals surface area (Å²) >= 11 is 1.24. The molecule has 0 bridgehead atoms. The zero-order chi connectivity index (χ0) is 23.5. The van der Waals surface area contributed by atoms with Crippen molar-refractivity contribution in [2.24, 2.45) is 0 Å². The number of hydrogen-bond acceptors (Lipinski definition) is 8. The number of nitrogens with one attached hydrogen (secondary N) is 1. The zero-order valence-electron chi connectivity index (χ0n) is 18.7. The van der Waals surface area contributed by atoms with Crippen LogP contribution in [-0.2, 0) is 16.1 Å². The van der Waals surface area contributed by atoms with Crippen molar-refractivity contribution in [2.75, 3.05) is 33.7 Å². The first kappa shape index (κ1) is 22.7. The number of anilines is 1. The molecule has 0 radical (unpaired) electrons. The van der Waals surface area contributed by atoms with Gasteiger partial charge in [0.2, 0.25) is 11.0 Å². The molecule has 9 nitrogen and oxygen atoms in total. The van der Waals surface area contributed by atoms with Gasteiger partial charge in [0.1, 0.15) is 11.6 Å². The highest BCUT2D eigenvalue weighted by Crippen LogP contribution is 2.44. The lowest BCUT2D eigenvalue weighted by molar-refractivity contribution is -0.119. The predicted octanol–water partition coefficient (Wildman–Crippen LogP) is 3.25. The van der Waals surface area contributed by atoms with E-state index in [9.17, 15) is 9.59 Å². The van der Waals surface area contributed by atoms with Gasteiger partial charge in [-0.3, -0.25) is 14.9 Å². The molecule has 0 aliphatic carbocycles. The third-order valence-corrected chi connectivity index (χ3v) is 6.39. The molecule has 0 saturated carbocycles. The summed E-state index contributed by atoms with van der Waals surface area (Å²) < 4.78 is 15.9. The molecule has 2 amide bonds. The molecule has 2 aromatic carbocycles. The predicted molar refractivity (Wildman–Crippen MR) is 123 cm³/mol. The Balaban J connectivity index is 1.78. The van der Waals surface area contributed by atoms with Gasteiger partial charge in [0.25, 0.3) is 5.91 Å². The van der Waals surface area contributed by atoms with Crippen LogP contribution in [0, 0.1) is 0 Å². The van der Waals surface area contributed by atoms with Crippen LogP contribution in [0.2, 0.25) is 0 Å². The number of aromatic nitrogens is 2. The molecule has 10 heteroatoms. The average molecular weight is 469 g/mol. The van der Waals surface area contributed by atoms with Gasteiger partial charge in [-0.15, -0.1) is 10.2 Å². The average Bonchev–Trinajstić information content (AvgIpc) is 3.27. The van der Waals surface area contributed by atoms with Gasteiger partial charge >= 0.3 is 0 Å². The smallest absolute Gasteiger partial charge is 0.254 e. The quantitative estimate of drug-likeness (QED) is 0.568. The number of nitrogens with zero attached hydrogens (tertiary/aromatic N) is 3. The van der Waals surface area contributed by atoms with E-state index < -0.39 is 12.0 Å². The van der Waals surface area contributed by atoms with Gasteiger partial charge in [0.15, 0.2) is 11.5 Å². The molecule has 2 atom stereocenters. The summed E-state index contributed by atoms with van der Waals surface area (Å²) in [5.41, 5.74) is 1.89. The van der Waals surface area contributed by atoms with Crippen molar-refractivity contribution in [1.29, 1.82) is 0 Å². The molecule has 1 aliphatic rings. The fourth-order valence-electron chi connectivity index (χ4n) is 4.08. The van der Waals surface area contributed by atoms with Gasteiger partial charge < -0.3 is 19.1 Å². The van der Waals surface area contributed by atoms with Gasteiger partial charge in [-0.25, -0.2) is 0 Å². The van der Waals surface area contributed by atoms with Gasteiger partial charge in [-0.1, -0.05) is 35.6 Å². The van der Waals surface area contributed by atoms with Crippen molar-refractivity contribution in [1.82, 2.24) is 15.1 Å². The highest BCUT2D eigenvalue weighted by Gasteiger charge is 2.43. The molecule has 33 heavy (non-hydrogen) atoms. The largest absolute Gasteiger partial charge is 0.493 e. The summed E-state index contributed by atoms with van der Waals surface area (Å²) in [6, 6.07) is 12.0. The lowest BCUT2D eigenvalue weighted by Crippen LogP contribution is -2.44. The number of methoxy groups -OCH3 is 3. The minimum atomic E-state index is -0.684. The number of hydrogen-bond donors (Lipinski definition) is 1. The van der Waals surface area contributed by atoms with Crippen LogP contribution in [0.4, 0.5) is 5.13 Å². The molecule has 0 unspecified atom stereocenters. The first-order valence-corrected chi connectivity index (χ1v) is 11.0. The normalized spacial score (nSPS) is 17.5. The summed E-state index contributed by atoms with van der Waals surface area (Å²) in [4.78, 5) is 28.4. The van der Waals surface area contributed by atoms with E-state index in [1.54, 1.807) is 57.5 Å². The minimum Gasteiger partial charge on any atom is -0.493 e. The molecule has 4 rings (SSSR count). The van der Waals surface area contributed by atoms with Gasteiger partial charge in [0, 0.05) is 19.7 Å². The molecule has 172 valence electrons. The summed E-state index contributed by atoms with van der Waals surface area (Å²) in [6.45, 7) is 0.311. The van der Waals surface area contributed by atoms with Gasteiger partial charge in [-0.05, 0) is 29.3 Å². The highest BCUT2D eigenvalue weighted by atomic mass is 32.1. The molecular weight excluding hydrogens is 444 g/mol. The Morgan fingerprint density at radius 3 is 2.58 bits per heavy atom. The second-order valence-corrected chi connectivity index (χ2v) is 8.53. The Bertz CT molecular complexity index is 1180. The van der Waals surface area contributed by atoms with Gasteiger partial charge in [0.05, 0.1) is 26.2 Å². The number of carbonyl (C=O) groups excluding carboxylic acids is 2. The van der Waals surface area contributed by atoms with Crippen molar-refractivity contribution in [3.05, 3.63) is 64.2 Å². The Morgan fingerprint density at radius 2 is 1.85 bits per heavy atom.